The van der Waals surface area contributed by atoms with Gasteiger partial charge in [0, 0.05) is 37.3 Å². The predicted molar refractivity (Wildman–Crippen MR) is 114 cm³/mol. The van der Waals surface area contributed by atoms with Crippen LogP contribution in [0.3, 0.4) is 0 Å². The Balaban J connectivity index is 1.62. The molecule has 0 atom stereocenters. The number of aryl methyl sites for hydroxylation is 1. The van der Waals surface area contributed by atoms with E-state index in [9.17, 15) is 14.4 Å². The smallest absolute Gasteiger partial charge is 0.256 e. The maximum absolute atomic E-state index is 12.9. The van der Waals surface area contributed by atoms with Gasteiger partial charge in [0.05, 0.1) is 28.3 Å². The Morgan fingerprint density at radius 3 is 2.69 bits per heavy atom. The molecule has 2 amide bonds. The van der Waals surface area contributed by atoms with Crippen LogP contribution in [-0.4, -0.2) is 36.0 Å². The molecule has 4 rings (SSSR count). The molecule has 2 heterocycles. The lowest BCUT2D eigenvalue weighted by molar-refractivity contribution is -0.120. The number of nitrogens with one attached hydrogen (secondary N) is 2. The van der Waals surface area contributed by atoms with E-state index < -0.39 is 0 Å². The first-order chi connectivity index (χ1) is 13.9. The Bertz CT molecular complexity index is 1190. The van der Waals surface area contributed by atoms with Crippen molar-refractivity contribution in [1.82, 2.24) is 9.88 Å². The summed E-state index contributed by atoms with van der Waals surface area (Å²) in [6.07, 6.45) is 0. The summed E-state index contributed by atoms with van der Waals surface area (Å²) in [5.74, 6) is -0.442. The standard InChI is InChI=1S/C21H19ClN4O3/c1-25-17-5-3-2-4-14(17)15(11-20(25)28)21(29)24-13-6-7-18(16(22)10-13)26-9-8-23-19(27)12-26/h2-7,10-11H,8-9,12H2,1H3,(H,23,27)(H,24,29). The fraction of sp³-hybridized carbons (Fsp3) is 0.190. The summed E-state index contributed by atoms with van der Waals surface area (Å²) in [5, 5.41) is 6.70. The number of piperazine rings is 1. The van der Waals surface area contributed by atoms with Crippen LogP contribution < -0.4 is 21.1 Å². The summed E-state index contributed by atoms with van der Waals surface area (Å²) in [7, 11) is 1.67. The average Bonchev–Trinajstić information content (AvgIpc) is 2.71. The number of nitrogens with zero attached hydrogens (tertiary/aromatic N) is 2. The van der Waals surface area contributed by atoms with E-state index in [1.165, 1.54) is 10.6 Å². The van der Waals surface area contributed by atoms with Gasteiger partial charge in [-0.05, 0) is 24.3 Å². The second-order valence-electron chi connectivity index (χ2n) is 6.86. The molecule has 1 aliphatic rings. The lowest BCUT2D eigenvalue weighted by Crippen LogP contribution is -2.47. The van der Waals surface area contributed by atoms with Crippen molar-refractivity contribution in [3.63, 3.8) is 0 Å². The van der Waals surface area contributed by atoms with Crippen LogP contribution >= 0.6 is 11.6 Å². The molecule has 0 unspecified atom stereocenters. The van der Waals surface area contributed by atoms with Crippen LogP contribution in [0.4, 0.5) is 11.4 Å². The molecule has 2 aromatic carbocycles. The van der Waals surface area contributed by atoms with Crippen molar-refractivity contribution in [3.8, 4) is 0 Å². The number of anilines is 2. The quantitative estimate of drug-likeness (QED) is 0.694. The van der Waals surface area contributed by atoms with E-state index in [1.807, 2.05) is 17.0 Å². The third-order valence-corrected chi connectivity index (χ3v) is 5.29. The fourth-order valence-electron chi connectivity index (χ4n) is 3.48. The first kappa shape index (κ1) is 19.0. The average molecular weight is 411 g/mol. The molecule has 0 bridgehead atoms. The lowest BCUT2D eigenvalue weighted by atomic mass is 10.1. The Kier molecular flexibility index (Phi) is 4.98. The van der Waals surface area contributed by atoms with E-state index in [0.717, 1.165) is 5.69 Å². The third-order valence-electron chi connectivity index (χ3n) is 4.98. The second kappa shape index (κ2) is 7.60. The van der Waals surface area contributed by atoms with Crippen LogP contribution in [-0.2, 0) is 11.8 Å². The molecule has 1 aromatic heterocycles. The molecule has 0 aliphatic carbocycles. The van der Waals surface area contributed by atoms with Crippen LogP contribution in [0.1, 0.15) is 10.4 Å². The molecule has 0 saturated carbocycles. The minimum atomic E-state index is -0.389. The molecule has 148 valence electrons. The molecule has 0 radical (unpaired) electrons. The third kappa shape index (κ3) is 3.69. The lowest BCUT2D eigenvalue weighted by Gasteiger charge is -2.29. The number of carbonyl (C=O) groups excluding carboxylic acids is 2. The highest BCUT2D eigenvalue weighted by molar-refractivity contribution is 6.33. The van der Waals surface area contributed by atoms with Crippen molar-refractivity contribution in [1.29, 1.82) is 0 Å². The topological polar surface area (TPSA) is 83.4 Å². The number of hydrogen-bond donors (Lipinski definition) is 2. The highest BCUT2D eigenvalue weighted by atomic mass is 35.5. The zero-order valence-corrected chi connectivity index (χ0v) is 16.5. The van der Waals surface area contributed by atoms with Gasteiger partial charge >= 0.3 is 0 Å². The summed E-state index contributed by atoms with van der Waals surface area (Å²) < 4.78 is 1.51. The number of aromatic nitrogens is 1. The number of halogens is 1. The second-order valence-corrected chi connectivity index (χ2v) is 7.27. The van der Waals surface area contributed by atoms with E-state index in [0.29, 0.717) is 40.3 Å². The van der Waals surface area contributed by atoms with Gasteiger partial charge in [-0.2, -0.15) is 0 Å². The van der Waals surface area contributed by atoms with Crippen LogP contribution in [0.25, 0.3) is 10.9 Å². The Hall–Kier alpha value is -3.32. The molecule has 2 N–H and O–H groups in total. The van der Waals surface area contributed by atoms with Crippen molar-refractivity contribution in [3.05, 3.63) is 69.5 Å². The number of benzene rings is 2. The SMILES string of the molecule is Cn1c(=O)cc(C(=O)Nc2ccc(N3CCNC(=O)C3)c(Cl)c2)c2ccccc21. The summed E-state index contributed by atoms with van der Waals surface area (Å²) in [4.78, 5) is 38.6. The van der Waals surface area contributed by atoms with Gasteiger partial charge in [0.25, 0.3) is 11.5 Å². The number of para-hydroxylation sites is 1. The molecular weight excluding hydrogens is 392 g/mol. The number of pyridine rings is 1. The zero-order chi connectivity index (χ0) is 20.5. The van der Waals surface area contributed by atoms with Crippen molar-refractivity contribution < 1.29 is 9.59 Å². The van der Waals surface area contributed by atoms with E-state index >= 15 is 0 Å². The normalized spacial score (nSPS) is 14.0. The number of amides is 2. The first-order valence-electron chi connectivity index (χ1n) is 9.15. The van der Waals surface area contributed by atoms with Gasteiger partial charge in [0.1, 0.15) is 0 Å². The molecule has 1 saturated heterocycles. The molecule has 8 heteroatoms. The van der Waals surface area contributed by atoms with Gasteiger partial charge in [-0.15, -0.1) is 0 Å². The van der Waals surface area contributed by atoms with E-state index in [1.54, 1.807) is 37.4 Å². The largest absolute Gasteiger partial charge is 0.359 e. The van der Waals surface area contributed by atoms with Crippen molar-refractivity contribution >= 4 is 45.7 Å². The molecule has 29 heavy (non-hydrogen) atoms. The molecular formula is C21H19ClN4O3. The van der Waals surface area contributed by atoms with Gasteiger partial charge in [-0.25, -0.2) is 0 Å². The van der Waals surface area contributed by atoms with E-state index in [4.69, 9.17) is 11.6 Å². The molecule has 7 nitrogen and oxygen atoms in total. The highest BCUT2D eigenvalue weighted by Gasteiger charge is 2.19. The van der Waals surface area contributed by atoms with E-state index in [-0.39, 0.29) is 23.9 Å². The van der Waals surface area contributed by atoms with Crippen LogP contribution in [0, 0.1) is 0 Å². The maximum atomic E-state index is 12.9. The fourth-order valence-corrected chi connectivity index (χ4v) is 3.78. The monoisotopic (exact) mass is 410 g/mol. The Morgan fingerprint density at radius 1 is 1.14 bits per heavy atom. The minimum absolute atomic E-state index is 0.0535. The number of carbonyl (C=O) groups is 2. The van der Waals surface area contributed by atoms with Gasteiger partial charge in [0.2, 0.25) is 5.91 Å². The molecule has 0 spiro atoms. The van der Waals surface area contributed by atoms with E-state index in [2.05, 4.69) is 10.6 Å². The first-order valence-corrected chi connectivity index (χ1v) is 9.53. The van der Waals surface area contributed by atoms with Gasteiger partial charge in [-0.3, -0.25) is 14.4 Å². The summed E-state index contributed by atoms with van der Waals surface area (Å²) in [6.45, 7) is 1.46. The Morgan fingerprint density at radius 2 is 1.93 bits per heavy atom. The van der Waals surface area contributed by atoms with Gasteiger partial charge in [-0.1, -0.05) is 29.8 Å². The van der Waals surface area contributed by atoms with Crippen LogP contribution in [0.15, 0.2) is 53.3 Å². The minimum Gasteiger partial charge on any atom is -0.359 e. The molecule has 1 aliphatic heterocycles. The maximum Gasteiger partial charge on any atom is 0.256 e. The van der Waals surface area contributed by atoms with Crippen molar-refractivity contribution in [2.75, 3.05) is 29.9 Å². The number of rotatable bonds is 3. The van der Waals surface area contributed by atoms with Crippen molar-refractivity contribution in [2.45, 2.75) is 0 Å². The zero-order valence-electron chi connectivity index (χ0n) is 15.7. The van der Waals surface area contributed by atoms with Crippen molar-refractivity contribution in [2.24, 2.45) is 7.05 Å². The molecule has 3 aromatic rings. The number of hydrogen-bond acceptors (Lipinski definition) is 4. The number of fused-ring (bicyclic) bond motifs is 1. The van der Waals surface area contributed by atoms with Gasteiger partial charge in [0.15, 0.2) is 0 Å². The van der Waals surface area contributed by atoms with Gasteiger partial charge < -0.3 is 20.1 Å². The molecule has 1 fully saturated rings. The van der Waals surface area contributed by atoms with Crippen LogP contribution in [0.5, 0.6) is 0 Å². The summed E-state index contributed by atoms with van der Waals surface area (Å²) in [6, 6.07) is 13.7. The van der Waals surface area contributed by atoms with Crippen LogP contribution in [0.2, 0.25) is 5.02 Å². The summed E-state index contributed by atoms with van der Waals surface area (Å²) in [5.41, 5.74) is 1.97. The predicted octanol–water partition coefficient (Wildman–Crippen LogP) is 2.38. The highest BCUT2D eigenvalue weighted by Crippen LogP contribution is 2.29. The Labute approximate surface area is 171 Å². The summed E-state index contributed by atoms with van der Waals surface area (Å²) >= 11 is 6.40.